The number of carbonyl (C=O) groups is 1. The van der Waals surface area contributed by atoms with E-state index in [4.69, 9.17) is 14.2 Å². The number of aryl methyl sites for hydroxylation is 1. The minimum atomic E-state index is -0.352. The van der Waals surface area contributed by atoms with Crippen LogP contribution in [0.25, 0.3) is 10.9 Å². The maximum atomic E-state index is 13.9. The van der Waals surface area contributed by atoms with Crippen LogP contribution in [0.15, 0.2) is 47.5 Å². The molecule has 3 aromatic rings. The van der Waals surface area contributed by atoms with Crippen molar-refractivity contribution in [1.29, 1.82) is 0 Å². The Bertz CT molecular complexity index is 1250. The number of aromatic nitrogens is 2. The largest absolute Gasteiger partial charge is 0.493 e. The minimum Gasteiger partial charge on any atom is -0.493 e. The van der Waals surface area contributed by atoms with Gasteiger partial charge in [0, 0.05) is 44.2 Å². The van der Waals surface area contributed by atoms with Crippen LogP contribution in [0.5, 0.6) is 11.5 Å². The Morgan fingerprint density at radius 3 is 2.63 bits per heavy atom. The lowest BCUT2D eigenvalue weighted by molar-refractivity contribution is -0.121. The van der Waals surface area contributed by atoms with Gasteiger partial charge in [0.15, 0.2) is 11.5 Å². The standard InChI is InChI=1S/C26H30FN3O5/c1-33-22-14-20-21(15-23(22)34-2)29-17-30(25(20)32)10-4-7-24(31)28-16-26(8-11-35-12-9-26)18-5-3-6-19(27)13-18/h3,5-6,13-15,17H,4,7-12,16H2,1-2H3,(H,28,31). The first-order valence-electron chi connectivity index (χ1n) is 11.7. The second-order valence-electron chi connectivity index (χ2n) is 8.75. The maximum absolute atomic E-state index is 13.9. The zero-order valence-electron chi connectivity index (χ0n) is 20.0. The summed E-state index contributed by atoms with van der Waals surface area (Å²) in [4.78, 5) is 29.9. The van der Waals surface area contributed by atoms with Gasteiger partial charge >= 0.3 is 0 Å². The van der Waals surface area contributed by atoms with Crippen molar-refractivity contribution >= 4 is 16.8 Å². The average Bonchev–Trinajstić information content (AvgIpc) is 2.88. The molecule has 35 heavy (non-hydrogen) atoms. The summed E-state index contributed by atoms with van der Waals surface area (Å²) in [7, 11) is 3.04. The molecule has 0 aliphatic carbocycles. The summed E-state index contributed by atoms with van der Waals surface area (Å²) >= 11 is 0. The number of ether oxygens (including phenoxy) is 3. The summed E-state index contributed by atoms with van der Waals surface area (Å²) < 4.78 is 31.4. The van der Waals surface area contributed by atoms with Crippen LogP contribution in [-0.2, 0) is 21.5 Å². The number of halogens is 1. The fraction of sp³-hybridized carbons (Fsp3) is 0.423. The number of carbonyl (C=O) groups excluding carboxylic acids is 1. The van der Waals surface area contributed by atoms with Crippen LogP contribution in [0.1, 0.15) is 31.2 Å². The predicted octanol–water partition coefficient (Wildman–Crippen LogP) is 3.20. The van der Waals surface area contributed by atoms with Crippen LogP contribution < -0.4 is 20.3 Å². The molecule has 1 N–H and O–H groups in total. The van der Waals surface area contributed by atoms with E-state index in [-0.39, 0.29) is 29.1 Å². The Balaban J connectivity index is 1.38. The molecule has 0 bridgehead atoms. The molecule has 0 unspecified atom stereocenters. The van der Waals surface area contributed by atoms with Crippen LogP contribution in [0.3, 0.4) is 0 Å². The van der Waals surface area contributed by atoms with Crippen molar-refractivity contribution in [3.05, 3.63) is 64.5 Å². The SMILES string of the molecule is COc1cc2ncn(CCCC(=O)NCC3(c4cccc(F)c4)CCOCC3)c(=O)c2cc1OC. The van der Waals surface area contributed by atoms with Gasteiger partial charge in [0.2, 0.25) is 5.91 Å². The smallest absolute Gasteiger partial charge is 0.261 e. The van der Waals surface area contributed by atoms with Crippen LogP contribution in [0, 0.1) is 5.82 Å². The molecule has 1 aliphatic heterocycles. The van der Waals surface area contributed by atoms with Crippen molar-refractivity contribution in [3.63, 3.8) is 0 Å². The molecule has 8 nitrogen and oxygen atoms in total. The number of hydrogen-bond acceptors (Lipinski definition) is 6. The van der Waals surface area contributed by atoms with Gasteiger partial charge in [0.1, 0.15) is 5.82 Å². The van der Waals surface area contributed by atoms with Gasteiger partial charge in [0.05, 0.1) is 31.4 Å². The first-order chi connectivity index (χ1) is 17.0. The molecular weight excluding hydrogens is 453 g/mol. The fourth-order valence-electron chi connectivity index (χ4n) is 4.56. The molecule has 0 saturated carbocycles. The van der Waals surface area contributed by atoms with Crippen molar-refractivity contribution in [2.45, 2.75) is 37.6 Å². The summed E-state index contributed by atoms with van der Waals surface area (Å²) in [5, 5.41) is 3.44. The number of hydrogen-bond donors (Lipinski definition) is 1. The van der Waals surface area contributed by atoms with E-state index >= 15 is 0 Å². The highest BCUT2D eigenvalue weighted by Gasteiger charge is 2.35. The van der Waals surface area contributed by atoms with Crippen molar-refractivity contribution in [2.24, 2.45) is 0 Å². The van der Waals surface area contributed by atoms with Crippen LogP contribution in [0.4, 0.5) is 4.39 Å². The molecule has 186 valence electrons. The van der Waals surface area contributed by atoms with Gasteiger partial charge in [0.25, 0.3) is 5.56 Å². The zero-order chi connectivity index (χ0) is 24.8. The number of benzene rings is 2. The molecule has 0 atom stereocenters. The highest BCUT2D eigenvalue weighted by Crippen LogP contribution is 2.34. The lowest BCUT2D eigenvalue weighted by Gasteiger charge is -2.38. The Labute approximate surface area is 203 Å². The summed E-state index contributed by atoms with van der Waals surface area (Å²) in [6.07, 6.45) is 3.64. The van der Waals surface area contributed by atoms with E-state index in [1.54, 1.807) is 24.3 Å². The highest BCUT2D eigenvalue weighted by molar-refractivity contribution is 5.81. The van der Waals surface area contributed by atoms with Gasteiger partial charge in [-0.15, -0.1) is 0 Å². The minimum absolute atomic E-state index is 0.111. The van der Waals surface area contributed by atoms with Crippen molar-refractivity contribution in [3.8, 4) is 11.5 Å². The molecule has 1 aliphatic rings. The number of nitrogens with zero attached hydrogens (tertiary/aromatic N) is 2. The molecule has 0 radical (unpaired) electrons. The molecule has 9 heteroatoms. The van der Waals surface area contributed by atoms with E-state index in [0.717, 1.165) is 5.56 Å². The normalized spacial score (nSPS) is 15.1. The quantitative estimate of drug-likeness (QED) is 0.503. The topological polar surface area (TPSA) is 91.7 Å². The van der Waals surface area contributed by atoms with Crippen molar-refractivity contribution in [2.75, 3.05) is 34.0 Å². The van der Waals surface area contributed by atoms with Gasteiger partial charge in [-0.3, -0.25) is 14.2 Å². The monoisotopic (exact) mass is 483 g/mol. The van der Waals surface area contributed by atoms with Gasteiger partial charge in [-0.1, -0.05) is 12.1 Å². The van der Waals surface area contributed by atoms with E-state index in [0.29, 0.717) is 68.0 Å². The lowest BCUT2D eigenvalue weighted by Crippen LogP contribution is -2.44. The first-order valence-corrected chi connectivity index (χ1v) is 11.7. The fourth-order valence-corrected chi connectivity index (χ4v) is 4.56. The van der Waals surface area contributed by atoms with E-state index in [1.165, 1.54) is 31.2 Å². The van der Waals surface area contributed by atoms with E-state index in [9.17, 15) is 14.0 Å². The predicted molar refractivity (Wildman–Crippen MR) is 129 cm³/mol. The molecule has 2 aromatic carbocycles. The Morgan fingerprint density at radius 1 is 1.17 bits per heavy atom. The van der Waals surface area contributed by atoms with Gasteiger partial charge in [-0.05, 0) is 43.0 Å². The van der Waals surface area contributed by atoms with E-state index in [2.05, 4.69) is 10.3 Å². The molecule has 1 amide bonds. The summed E-state index contributed by atoms with van der Waals surface area (Å²) in [6, 6.07) is 9.85. The summed E-state index contributed by atoms with van der Waals surface area (Å²) in [5.41, 5.74) is 0.835. The number of methoxy groups -OCH3 is 2. The van der Waals surface area contributed by atoms with Crippen molar-refractivity contribution < 1.29 is 23.4 Å². The van der Waals surface area contributed by atoms with Crippen LogP contribution in [0.2, 0.25) is 0 Å². The average molecular weight is 484 g/mol. The van der Waals surface area contributed by atoms with Crippen molar-refractivity contribution in [1.82, 2.24) is 14.9 Å². The molecule has 1 saturated heterocycles. The molecular formula is C26H30FN3O5. The Morgan fingerprint density at radius 2 is 1.91 bits per heavy atom. The Kier molecular flexibility index (Phi) is 7.65. The molecule has 0 spiro atoms. The highest BCUT2D eigenvalue weighted by atomic mass is 19.1. The van der Waals surface area contributed by atoms with Crippen LogP contribution in [-0.4, -0.2) is 49.4 Å². The lowest BCUT2D eigenvalue weighted by atomic mass is 9.74. The van der Waals surface area contributed by atoms with E-state index in [1.807, 2.05) is 6.07 Å². The second-order valence-corrected chi connectivity index (χ2v) is 8.75. The second kappa shape index (κ2) is 10.9. The number of rotatable bonds is 9. The van der Waals surface area contributed by atoms with Gasteiger partial charge < -0.3 is 19.5 Å². The van der Waals surface area contributed by atoms with Crippen LogP contribution >= 0.6 is 0 Å². The van der Waals surface area contributed by atoms with Gasteiger partial charge in [-0.25, -0.2) is 9.37 Å². The third kappa shape index (κ3) is 5.45. The number of fused-ring (bicyclic) bond motifs is 1. The van der Waals surface area contributed by atoms with E-state index < -0.39 is 0 Å². The molecule has 1 aromatic heterocycles. The summed E-state index contributed by atoms with van der Waals surface area (Å²) in [5.74, 6) is 0.559. The first kappa shape index (κ1) is 24.7. The number of nitrogens with one attached hydrogen (secondary N) is 1. The molecule has 1 fully saturated rings. The maximum Gasteiger partial charge on any atom is 0.261 e. The zero-order valence-corrected chi connectivity index (χ0v) is 20.0. The van der Waals surface area contributed by atoms with Gasteiger partial charge in [-0.2, -0.15) is 0 Å². The third-order valence-electron chi connectivity index (χ3n) is 6.64. The number of amides is 1. The molecule has 2 heterocycles. The third-order valence-corrected chi connectivity index (χ3v) is 6.64. The molecule has 4 rings (SSSR count). The summed E-state index contributed by atoms with van der Waals surface area (Å²) in [6.45, 7) is 1.91. The Hall–Kier alpha value is -3.46.